The summed E-state index contributed by atoms with van der Waals surface area (Å²) < 4.78 is 1.91. The molecule has 1 atom stereocenters. The van der Waals surface area contributed by atoms with E-state index in [1.54, 1.807) is 0 Å². The predicted molar refractivity (Wildman–Crippen MR) is 80.2 cm³/mol. The largest absolute Gasteiger partial charge is 0.271 e. The standard InChI is InChI=1S/C16H22N4/c17-18-16(12-13-6-4-5-7-13)15-10-11-20(19-15)14-8-2-1-3-9-14/h1-3,8-11,13,16,18H,4-7,12,17H2. The molecular weight excluding hydrogens is 248 g/mol. The smallest absolute Gasteiger partial charge is 0.0812 e. The molecular formula is C16H22N4. The third-order valence-electron chi connectivity index (χ3n) is 4.23. The molecule has 106 valence electrons. The zero-order chi connectivity index (χ0) is 13.8. The van der Waals surface area contributed by atoms with E-state index in [9.17, 15) is 0 Å². The zero-order valence-corrected chi connectivity index (χ0v) is 11.7. The Morgan fingerprint density at radius 1 is 1.20 bits per heavy atom. The lowest BCUT2D eigenvalue weighted by Crippen LogP contribution is -2.29. The molecule has 1 unspecified atom stereocenters. The maximum absolute atomic E-state index is 5.73. The van der Waals surface area contributed by atoms with Crippen LogP contribution in [0, 0.1) is 5.92 Å². The molecule has 0 bridgehead atoms. The molecule has 1 aromatic carbocycles. The topological polar surface area (TPSA) is 55.9 Å². The van der Waals surface area contributed by atoms with Gasteiger partial charge in [-0.3, -0.25) is 11.3 Å². The molecule has 4 heteroatoms. The van der Waals surface area contributed by atoms with Crippen LogP contribution in [0.15, 0.2) is 42.6 Å². The first-order valence-electron chi connectivity index (χ1n) is 7.44. The van der Waals surface area contributed by atoms with Gasteiger partial charge in [0, 0.05) is 6.20 Å². The summed E-state index contributed by atoms with van der Waals surface area (Å²) >= 11 is 0. The molecule has 0 aliphatic heterocycles. The first-order chi connectivity index (χ1) is 9.86. The second kappa shape index (κ2) is 6.20. The Labute approximate surface area is 120 Å². The molecule has 1 aliphatic rings. The highest BCUT2D eigenvalue weighted by Crippen LogP contribution is 2.32. The van der Waals surface area contributed by atoms with E-state index in [4.69, 9.17) is 5.84 Å². The highest BCUT2D eigenvalue weighted by Gasteiger charge is 2.22. The number of benzene rings is 1. The lowest BCUT2D eigenvalue weighted by atomic mass is 9.97. The van der Waals surface area contributed by atoms with Crippen molar-refractivity contribution < 1.29 is 0 Å². The van der Waals surface area contributed by atoms with Gasteiger partial charge in [-0.1, -0.05) is 43.9 Å². The summed E-state index contributed by atoms with van der Waals surface area (Å²) in [6.07, 6.45) is 8.47. The fraction of sp³-hybridized carbons (Fsp3) is 0.438. The minimum atomic E-state index is 0.156. The van der Waals surface area contributed by atoms with Crippen molar-refractivity contribution in [1.29, 1.82) is 0 Å². The van der Waals surface area contributed by atoms with E-state index >= 15 is 0 Å². The van der Waals surface area contributed by atoms with Gasteiger partial charge in [-0.15, -0.1) is 0 Å². The van der Waals surface area contributed by atoms with Crippen LogP contribution in [-0.4, -0.2) is 9.78 Å². The first kappa shape index (κ1) is 13.3. The molecule has 1 aromatic heterocycles. The second-order valence-corrected chi connectivity index (χ2v) is 5.63. The molecule has 1 heterocycles. The Kier molecular flexibility index (Phi) is 4.14. The molecule has 0 radical (unpaired) electrons. The molecule has 1 aliphatic carbocycles. The number of hydrogen-bond donors (Lipinski definition) is 2. The Bertz CT molecular complexity index is 528. The number of nitrogens with two attached hydrogens (primary N) is 1. The summed E-state index contributed by atoms with van der Waals surface area (Å²) in [6.45, 7) is 0. The van der Waals surface area contributed by atoms with Gasteiger partial charge in [-0.25, -0.2) is 4.68 Å². The highest BCUT2D eigenvalue weighted by molar-refractivity contribution is 5.30. The minimum Gasteiger partial charge on any atom is -0.271 e. The molecule has 0 saturated heterocycles. The third kappa shape index (κ3) is 2.92. The van der Waals surface area contributed by atoms with Crippen LogP contribution in [-0.2, 0) is 0 Å². The van der Waals surface area contributed by atoms with Crippen molar-refractivity contribution in [3.63, 3.8) is 0 Å². The first-order valence-corrected chi connectivity index (χ1v) is 7.44. The molecule has 0 spiro atoms. The number of rotatable bonds is 5. The Balaban J connectivity index is 1.74. The molecule has 3 N–H and O–H groups in total. The fourth-order valence-corrected chi connectivity index (χ4v) is 3.10. The van der Waals surface area contributed by atoms with E-state index < -0.39 is 0 Å². The molecule has 2 aromatic rings. The molecule has 20 heavy (non-hydrogen) atoms. The third-order valence-corrected chi connectivity index (χ3v) is 4.23. The van der Waals surface area contributed by atoms with Gasteiger partial charge in [0.2, 0.25) is 0 Å². The average molecular weight is 270 g/mol. The second-order valence-electron chi connectivity index (χ2n) is 5.63. The van der Waals surface area contributed by atoms with Gasteiger partial charge in [0.1, 0.15) is 0 Å². The van der Waals surface area contributed by atoms with Crippen LogP contribution >= 0.6 is 0 Å². The van der Waals surface area contributed by atoms with Gasteiger partial charge >= 0.3 is 0 Å². The van der Waals surface area contributed by atoms with Crippen LogP contribution < -0.4 is 11.3 Å². The average Bonchev–Trinajstić information content (AvgIpc) is 3.17. The zero-order valence-electron chi connectivity index (χ0n) is 11.7. The monoisotopic (exact) mass is 270 g/mol. The van der Waals surface area contributed by atoms with Crippen LogP contribution in [0.3, 0.4) is 0 Å². The normalized spacial score (nSPS) is 17.4. The number of para-hydroxylation sites is 1. The fourth-order valence-electron chi connectivity index (χ4n) is 3.10. The summed E-state index contributed by atoms with van der Waals surface area (Å²) in [5, 5.41) is 4.67. The van der Waals surface area contributed by atoms with Gasteiger partial charge in [0.05, 0.1) is 17.4 Å². The molecule has 1 saturated carbocycles. The van der Waals surface area contributed by atoms with Crippen LogP contribution in [0.1, 0.15) is 43.8 Å². The van der Waals surface area contributed by atoms with Crippen molar-refractivity contribution in [1.82, 2.24) is 15.2 Å². The van der Waals surface area contributed by atoms with Gasteiger partial charge in [-0.2, -0.15) is 5.10 Å². The Hall–Kier alpha value is -1.65. The van der Waals surface area contributed by atoms with Crippen LogP contribution in [0.2, 0.25) is 0 Å². The molecule has 4 nitrogen and oxygen atoms in total. The van der Waals surface area contributed by atoms with Crippen LogP contribution in [0.5, 0.6) is 0 Å². The summed E-state index contributed by atoms with van der Waals surface area (Å²) in [7, 11) is 0. The predicted octanol–water partition coefficient (Wildman–Crippen LogP) is 2.96. The van der Waals surface area contributed by atoms with Crippen molar-refractivity contribution in [3.8, 4) is 5.69 Å². The van der Waals surface area contributed by atoms with Gasteiger partial charge in [0.15, 0.2) is 0 Å². The lowest BCUT2D eigenvalue weighted by Gasteiger charge is -2.17. The van der Waals surface area contributed by atoms with Crippen molar-refractivity contribution in [2.75, 3.05) is 0 Å². The van der Waals surface area contributed by atoms with Crippen molar-refractivity contribution in [2.45, 2.75) is 38.1 Å². The maximum Gasteiger partial charge on any atom is 0.0812 e. The molecule has 0 amide bonds. The molecule has 1 fully saturated rings. The van der Waals surface area contributed by atoms with E-state index in [1.807, 2.05) is 29.1 Å². The van der Waals surface area contributed by atoms with E-state index in [0.29, 0.717) is 0 Å². The summed E-state index contributed by atoms with van der Waals surface area (Å²) in [5.41, 5.74) is 5.04. The SMILES string of the molecule is NNC(CC1CCCC1)c1ccn(-c2ccccc2)n1. The van der Waals surface area contributed by atoms with E-state index in [2.05, 4.69) is 28.7 Å². The highest BCUT2D eigenvalue weighted by atomic mass is 15.3. The van der Waals surface area contributed by atoms with Crippen LogP contribution in [0.25, 0.3) is 5.69 Å². The lowest BCUT2D eigenvalue weighted by molar-refractivity contribution is 0.393. The number of hydrazine groups is 1. The summed E-state index contributed by atoms with van der Waals surface area (Å²) in [4.78, 5) is 0. The van der Waals surface area contributed by atoms with Gasteiger partial charge < -0.3 is 0 Å². The number of nitrogens with one attached hydrogen (secondary N) is 1. The number of aromatic nitrogens is 2. The quantitative estimate of drug-likeness (QED) is 0.648. The van der Waals surface area contributed by atoms with E-state index in [0.717, 1.165) is 23.7 Å². The number of hydrogen-bond acceptors (Lipinski definition) is 3. The molecule has 3 rings (SSSR count). The number of nitrogens with zero attached hydrogens (tertiary/aromatic N) is 2. The Morgan fingerprint density at radius 2 is 1.95 bits per heavy atom. The van der Waals surface area contributed by atoms with Crippen LogP contribution in [0.4, 0.5) is 0 Å². The van der Waals surface area contributed by atoms with Crippen molar-refractivity contribution in [3.05, 3.63) is 48.3 Å². The summed E-state index contributed by atoms with van der Waals surface area (Å²) in [5.74, 6) is 6.52. The van der Waals surface area contributed by atoms with Crippen molar-refractivity contribution >= 4 is 0 Å². The maximum atomic E-state index is 5.73. The minimum absolute atomic E-state index is 0.156. The van der Waals surface area contributed by atoms with Crippen molar-refractivity contribution in [2.24, 2.45) is 11.8 Å². The van der Waals surface area contributed by atoms with E-state index in [-0.39, 0.29) is 6.04 Å². The Morgan fingerprint density at radius 3 is 2.65 bits per heavy atom. The summed E-state index contributed by atoms with van der Waals surface area (Å²) in [6, 6.07) is 12.4. The van der Waals surface area contributed by atoms with E-state index in [1.165, 1.54) is 25.7 Å². The van der Waals surface area contributed by atoms with Gasteiger partial charge in [0.25, 0.3) is 0 Å². The van der Waals surface area contributed by atoms with Gasteiger partial charge in [-0.05, 0) is 30.5 Å².